The molecule has 1 fully saturated rings. The Morgan fingerprint density at radius 2 is 2.00 bits per heavy atom. The number of hydrogen-bond acceptors (Lipinski definition) is 2. The van der Waals surface area contributed by atoms with Gasteiger partial charge in [-0.15, -0.1) is 0 Å². The molecule has 3 rings (SSSR count). The van der Waals surface area contributed by atoms with Crippen LogP contribution in [0.4, 0.5) is 5.69 Å². The van der Waals surface area contributed by atoms with E-state index in [1.807, 2.05) is 6.07 Å². The number of halogens is 2. The standard InChI is InChI=1S/C12H9Cl2NO2/c13-12(14)11-7-4-5-8(11)10-6(7)2-1-3-9(10)15(16)17/h1-3,7-8H,4-5H2. The summed E-state index contributed by atoms with van der Waals surface area (Å²) in [6, 6.07) is 5.24. The van der Waals surface area contributed by atoms with Crippen molar-refractivity contribution in [2.24, 2.45) is 0 Å². The molecule has 2 unspecified atom stereocenters. The molecule has 88 valence electrons. The van der Waals surface area contributed by atoms with E-state index in [4.69, 9.17) is 23.2 Å². The molecule has 17 heavy (non-hydrogen) atoms. The molecule has 0 N–H and O–H groups in total. The zero-order valence-corrected chi connectivity index (χ0v) is 10.3. The predicted molar refractivity (Wildman–Crippen MR) is 66.5 cm³/mol. The van der Waals surface area contributed by atoms with Crippen LogP contribution in [0.1, 0.15) is 35.8 Å². The fourth-order valence-corrected chi connectivity index (χ4v) is 3.71. The molecule has 0 aliphatic heterocycles. The molecule has 0 saturated heterocycles. The SMILES string of the molecule is O=[N+]([O-])c1cccc2c1C1CCC2C1=C(Cl)Cl. The highest BCUT2D eigenvalue weighted by molar-refractivity contribution is 6.56. The van der Waals surface area contributed by atoms with Gasteiger partial charge in [-0.05, 0) is 24.0 Å². The van der Waals surface area contributed by atoms with Gasteiger partial charge in [-0.25, -0.2) is 0 Å². The van der Waals surface area contributed by atoms with Crippen LogP contribution in [0.3, 0.4) is 0 Å². The number of nitro benzene ring substituents is 1. The Balaban J connectivity index is 2.26. The molecule has 2 bridgehead atoms. The second-order valence-electron chi connectivity index (χ2n) is 4.44. The number of nitro groups is 1. The Labute approximate surface area is 108 Å². The van der Waals surface area contributed by atoms with Gasteiger partial charge in [0.15, 0.2) is 0 Å². The van der Waals surface area contributed by atoms with Gasteiger partial charge in [0.25, 0.3) is 5.69 Å². The zero-order valence-electron chi connectivity index (χ0n) is 8.82. The first-order valence-electron chi connectivity index (χ1n) is 5.43. The second kappa shape index (κ2) is 3.72. The molecule has 2 aliphatic carbocycles. The van der Waals surface area contributed by atoms with Crippen LogP contribution in [0.5, 0.6) is 0 Å². The molecule has 0 radical (unpaired) electrons. The van der Waals surface area contributed by atoms with Gasteiger partial charge in [0.05, 0.1) is 4.92 Å². The first kappa shape index (κ1) is 11.1. The number of hydrogen-bond donors (Lipinski definition) is 0. The highest BCUT2D eigenvalue weighted by atomic mass is 35.5. The Morgan fingerprint density at radius 3 is 2.65 bits per heavy atom. The number of benzene rings is 1. The number of fused-ring (bicyclic) bond motifs is 5. The third-order valence-electron chi connectivity index (χ3n) is 3.75. The van der Waals surface area contributed by atoms with Crippen molar-refractivity contribution in [2.45, 2.75) is 24.7 Å². The highest BCUT2D eigenvalue weighted by Gasteiger charge is 2.46. The minimum atomic E-state index is -0.320. The van der Waals surface area contributed by atoms with E-state index < -0.39 is 0 Å². The van der Waals surface area contributed by atoms with Crippen molar-refractivity contribution < 1.29 is 4.92 Å². The summed E-state index contributed by atoms with van der Waals surface area (Å²) in [5.41, 5.74) is 3.02. The molecule has 3 nitrogen and oxygen atoms in total. The maximum atomic E-state index is 11.0. The number of allylic oxidation sites excluding steroid dienone is 1. The van der Waals surface area contributed by atoms with Crippen LogP contribution in [0, 0.1) is 10.1 Å². The number of rotatable bonds is 1. The third-order valence-corrected chi connectivity index (χ3v) is 4.19. The van der Waals surface area contributed by atoms with Crippen molar-refractivity contribution in [3.8, 4) is 0 Å². The Kier molecular flexibility index (Phi) is 2.42. The van der Waals surface area contributed by atoms with Gasteiger partial charge in [-0.3, -0.25) is 10.1 Å². The average Bonchev–Trinajstić information content (AvgIpc) is 2.84. The molecule has 0 amide bonds. The molecule has 1 aromatic rings. The lowest BCUT2D eigenvalue weighted by atomic mass is 9.91. The Bertz CT molecular complexity index is 549. The molecular formula is C12H9Cl2NO2. The monoisotopic (exact) mass is 269 g/mol. The molecule has 1 saturated carbocycles. The highest BCUT2D eigenvalue weighted by Crippen LogP contribution is 2.60. The van der Waals surface area contributed by atoms with Gasteiger partial charge in [-0.2, -0.15) is 0 Å². The lowest BCUT2D eigenvalue weighted by Crippen LogP contribution is -2.02. The van der Waals surface area contributed by atoms with Crippen LogP contribution in [0.2, 0.25) is 0 Å². The van der Waals surface area contributed by atoms with Crippen LogP contribution in [-0.4, -0.2) is 4.92 Å². The van der Waals surface area contributed by atoms with Crippen molar-refractivity contribution in [3.63, 3.8) is 0 Å². The number of nitrogens with zero attached hydrogens (tertiary/aromatic N) is 1. The van der Waals surface area contributed by atoms with Crippen LogP contribution < -0.4 is 0 Å². The second-order valence-corrected chi connectivity index (χ2v) is 5.38. The van der Waals surface area contributed by atoms with Crippen molar-refractivity contribution in [3.05, 3.63) is 49.5 Å². The summed E-state index contributed by atoms with van der Waals surface area (Å²) in [6.07, 6.45) is 1.89. The van der Waals surface area contributed by atoms with Gasteiger partial charge < -0.3 is 0 Å². The third kappa shape index (κ3) is 1.42. The van der Waals surface area contributed by atoms with E-state index in [1.165, 1.54) is 0 Å². The first-order valence-corrected chi connectivity index (χ1v) is 6.19. The predicted octanol–water partition coefficient (Wildman–Crippen LogP) is 4.26. The summed E-state index contributed by atoms with van der Waals surface area (Å²) in [5, 5.41) is 11.0. The first-order chi connectivity index (χ1) is 8.11. The van der Waals surface area contributed by atoms with Gasteiger partial charge in [0, 0.05) is 23.5 Å². The maximum Gasteiger partial charge on any atom is 0.273 e. The lowest BCUT2D eigenvalue weighted by molar-refractivity contribution is -0.385. The normalized spacial score (nSPS) is 24.9. The van der Waals surface area contributed by atoms with E-state index >= 15 is 0 Å². The van der Waals surface area contributed by atoms with Gasteiger partial charge in [-0.1, -0.05) is 35.3 Å². The quantitative estimate of drug-likeness (QED) is 0.565. The summed E-state index contributed by atoms with van der Waals surface area (Å²) in [7, 11) is 0. The van der Waals surface area contributed by atoms with Crippen molar-refractivity contribution in [1.82, 2.24) is 0 Å². The summed E-state index contributed by atoms with van der Waals surface area (Å²) >= 11 is 11.8. The van der Waals surface area contributed by atoms with E-state index in [-0.39, 0.29) is 26.9 Å². The van der Waals surface area contributed by atoms with Crippen molar-refractivity contribution in [2.75, 3.05) is 0 Å². The zero-order chi connectivity index (χ0) is 12.2. The molecule has 0 aromatic heterocycles. The molecule has 2 aliphatic rings. The van der Waals surface area contributed by atoms with E-state index in [2.05, 4.69) is 0 Å². The minimum Gasteiger partial charge on any atom is -0.258 e. The van der Waals surface area contributed by atoms with Crippen LogP contribution >= 0.6 is 23.2 Å². The summed E-state index contributed by atoms with van der Waals surface area (Å²) in [5.74, 6) is 0.224. The topological polar surface area (TPSA) is 43.1 Å². The van der Waals surface area contributed by atoms with Gasteiger partial charge in [0.1, 0.15) is 4.49 Å². The fraction of sp³-hybridized carbons (Fsp3) is 0.333. The van der Waals surface area contributed by atoms with E-state index in [1.54, 1.807) is 12.1 Å². The van der Waals surface area contributed by atoms with E-state index in [9.17, 15) is 10.1 Å². The van der Waals surface area contributed by atoms with E-state index in [0.717, 1.165) is 29.5 Å². The molecule has 2 atom stereocenters. The Morgan fingerprint density at radius 1 is 1.29 bits per heavy atom. The molecular weight excluding hydrogens is 261 g/mol. The summed E-state index contributed by atoms with van der Waals surface area (Å²) < 4.78 is 0.281. The molecule has 5 heteroatoms. The fourth-order valence-electron chi connectivity index (χ4n) is 3.19. The maximum absolute atomic E-state index is 11.0. The average molecular weight is 270 g/mol. The van der Waals surface area contributed by atoms with Gasteiger partial charge >= 0.3 is 0 Å². The van der Waals surface area contributed by atoms with Crippen molar-refractivity contribution >= 4 is 28.9 Å². The molecule has 1 aromatic carbocycles. The van der Waals surface area contributed by atoms with Crippen molar-refractivity contribution in [1.29, 1.82) is 0 Å². The van der Waals surface area contributed by atoms with Crippen LogP contribution in [-0.2, 0) is 0 Å². The molecule has 0 heterocycles. The lowest BCUT2D eigenvalue weighted by Gasteiger charge is -2.13. The summed E-state index contributed by atoms with van der Waals surface area (Å²) in [4.78, 5) is 10.7. The van der Waals surface area contributed by atoms with E-state index in [0.29, 0.717) is 0 Å². The Hall–Kier alpha value is -1.06. The van der Waals surface area contributed by atoms with Crippen LogP contribution in [0.15, 0.2) is 28.3 Å². The largest absolute Gasteiger partial charge is 0.273 e. The summed E-state index contributed by atoms with van der Waals surface area (Å²) in [6.45, 7) is 0. The molecule has 0 spiro atoms. The minimum absolute atomic E-state index is 0.0431. The van der Waals surface area contributed by atoms with Gasteiger partial charge in [0.2, 0.25) is 0 Å². The van der Waals surface area contributed by atoms with Crippen LogP contribution in [0.25, 0.3) is 0 Å². The smallest absolute Gasteiger partial charge is 0.258 e.